The number of nitrogens with one attached hydrogen (secondary N) is 1. The molecule has 180 valence electrons. The molecule has 0 unspecified atom stereocenters. The molecule has 5 rings (SSSR count). The molecule has 2 amide bonds. The van der Waals surface area contributed by atoms with E-state index in [1.165, 1.54) is 11.0 Å². The van der Waals surface area contributed by atoms with Crippen LogP contribution in [-0.4, -0.2) is 40.7 Å². The molecule has 0 saturated heterocycles. The first kappa shape index (κ1) is 22.9. The van der Waals surface area contributed by atoms with Crippen LogP contribution in [0.25, 0.3) is 23.2 Å². The average molecular weight is 482 g/mol. The Hall–Kier alpha value is -4.92. The second kappa shape index (κ2) is 9.75. The fraction of sp³-hybridized carbons (Fsp3) is 0.111. The van der Waals surface area contributed by atoms with Crippen molar-refractivity contribution in [3.63, 3.8) is 0 Å². The van der Waals surface area contributed by atoms with Gasteiger partial charge in [0, 0.05) is 17.8 Å². The summed E-state index contributed by atoms with van der Waals surface area (Å²) in [5.41, 5.74) is 3.13. The monoisotopic (exact) mass is 482 g/mol. The summed E-state index contributed by atoms with van der Waals surface area (Å²) in [6.45, 7) is 1.19. The van der Waals surface area contributed by atoms with E-state index in [9.17, 15) is 14.4 Å². The van der Waals surface area contributed by atoms with Crippen LogP contribution < -0.4 is 10.2 Å². The fourth-order valence-corrected chi connectivity index (χ4v) is 3.85. The van der Waals surface area contributed by atoms with Crippen molar-refractivity contribution >= 4 is 35.2 Å². The van der Waals surface area contributed by atoms with Gasteiger partial charge in [0.25, 0.3) is 5.91 Å². The minimum absolute atomic E-state index is 0.145. The fourth-order valence-electron chi connectivity index (χ4n) is 3.85. The zero-order chi connectivity index (χ0) is 25.1. The Morgan fingerprint density at radius 2 is 1.86 bits per heavy atom. The van der Waals surface area contributed by atoms with Crippen LogP contribution in [0.1, 0.15) is 11.3 Å². The van der Waals surface area contributed by atoms with Gasteiger partial charge in [-0.15, -0.1) is 0 Å². The smallest absolute Gasteiger partial charge is 0.331 e. The van der Waals surface area contributed by atoms with Crippen molar-refractivity contribution < 1.29 is 23.5 Å². The number of amides is 2. The second-order valence-electron chi connectivity index (χ2n) is 8.11. The van der Waals surface area contributed by atoms with Gasteiger partial charge in [-0.2, -0.15) is 5.10 Å². The summed E-state index contributed by atoms with van der Waals surface area (Å²) in [5.74, 6) is -0.216. The molecule has 2 aromatic heterocycles. The normalized spacial score (nSPS) is 12.9. The zero-order valence-corrected chi connectivity index (χ0v) is 19.4. The van der Waals surface area contributed by atoms with Gasteiger partial charge in [0.2, 0.25) is 5.91 Å². The number of hydrogen-bond acceptors (Lipinski definition) is 6. The van der Waals surface area contributed by atoms with Crippen LogP contribution >= 0.6 is 0 Å². The highest BCUT2D eigenvalue weighted by atomic mass is 16.5. The van der Waals surface area contributed by atoms with Crippen LogP contribution in [0.2, 0.25) is 0 Å². The van der Waals surface area contributed by atoms with E-state index >= 15 is 0 Å². The topological polar surface area (TPSA) is 107 Å². The van der Waals surface area contributed by atoms with Crippen LogP contribution in [-0.2, 0) is 19.1 Å². The molecular formula is C27H22N4O5. The summed E-state index contributed by atoms with van der Waals surface area (Å²) in [6.07, 6.45) is 4.58. The van der Waals surface area contributed by atoms with E-state index < -0.39 is 18.5 Å². The number of rotatable bonds is 6. The standard InChI is InChI=1S/C27H22N4O5/c1-18-11-13-23(36-18)27-19(15-31(29-27)20-7-3-2-4-8-20)12-14-26(34)35-17-25(33)30-16-24(32)28-21-9-5-6-10-22(21)30/h2-15H,16-17H2,1H3,(H,28,32)/b14-12+. The Balaban J connectivity index is 1.31. The Morgan fingerprint density at radius 3 is 2.64 bits per heavy atom. The van der Waals surface area contributed by atoms with Crippen molar-refractivity contribution in [2.75, 3.05) is 23.4 Å². The van der Waals surface area contributed by atoms with Gasteiger partial charge in [0.05, 0.1) is 17.1 Å². The second-order valence-corrected chi connectivity index (χ2v) is 8.11. The minimum Gasteiger partial charge on any atom is -0.460 e. The summed E-state index contributed by atoms with van der Waals surface area (Å²) < 4.78 is 12.6. The van der Waals surface area contributed by atoms with Crippen molar-refractivity contribution in [2.24, 2.45) is 0 Å². The number of benzene rings is 2. The van der Waals surface area contributed by atoms with Gasteiger partial charge >= 0.3 is 5.97 Å². The van der Waals surface area contributed by atoms with E-state index in [1.54, 1.807) is 41.2 Å². The van der Waals surface area contributed by atoms with Gasteiger partial charge in [0.1, 0.15) is 18.0 Å². The van der Waals surface area contributed by atoms with Crippen molar-refractivity contribution in [2.45, 2.75) is 6.92 Å². The van der Waals surface area contributed by atoms with Gasteiger partial charge in [-0.3, -0.25) is 14.5 Å². The van der Waals surface area contributed by atoms with E-state index in [0.717, 1.165) is 11.4 Å². The Morgan fingerprint density at radius 1 is 1.08 bits per heavy atom. The van der Waals surface area contributed by atoms with Gasteiger partial charge in [-0.05, 0) is 49.4 Å². The molecule has 0 spiro atoms. The summed E-state index contributed by atoms with van der Waals surface area (Å²) in [7, 11) is 0. The lowest BCUT2D eigenvalue weighted by Crippen LogP contribution is -2.43. The number of carbonyl (C=O) groups is 3. The number of nitrogens with zero attached hydrogens (tertiary/aromatic N) is 3. The maximum absolute atomic E-state index is 12.7. The van der Waals surface area contributed by atoms with E-state index in [0.29, 0.717) is 28.4 Å². The number of esters is 1. The zero-order valence-electron chi connectivity index (χ0n) is 19.4. The number of para-hydroxylation sites is 3. The van der Waals surface area contributed by atoms with Crippen LogP contribution in [0.5, 0.6) is 0 Å². The third-order valence-electron chi connectivity index (χ3n) is 5.55. The van der Waals surface area contributed by atoms with Crippen LogP contribution in [0.15, 0.2) is 83.4 Å². The molecule has 36 heavy (non-hydrogen) atoms. The van der Waals surface area contributed by atoms with Gasteiger partial charge in [-0.25, -0.2) is 9.48 Å². The molecular weight excluding hydrogens is 460 g/mol. The molecule has 0 saturated carbocycles. The van der Waals surface area contributed by atoms with Gasteiger partial charge in [-0.1, -0.05) is 30.3 Å². The van der Waals surface area contributed by atoms with Crippen LogP contribution in [0, 0.1) is 6.92 Å². The molecule has 1 N–H and O–H groups in total. The molecule has 1 aliphatic rings. The molecule has 0 fully saturated rings. The molecule has 2 aromatic carbocycles. The molecule has 0 radical (unpaired) electrons. The van der Waals surface area contributed by atoms with Gasteiger partial charge in [0.15, 0.2) is 12.4 Å². The number of hydrogen-bond donors (Lipinski definition) is 1. The Labute approximate surface area is 206 Å². The number of anilines is 2. The van der Waals surface area contributed by atoms with Crippen molar-refractivity contribution in [3.05, 3.63) is 90.3 Å². The predicted molar refractivity (Wildman–Crippen MR) is 133 cm³/mol. The summed E-state index contributed by atoms with van der Waals surface area (Å²) in [5, 5.41) is 7.34. The average Bonchev–Trinajstić information content (AvgIpc) is 3.52. The maximum Gasteiger partial charge on any atom is 0.331 e. The van der Waals surface area contributed by atoms with Gasteiger partial charge < -0.3 is 14.5 Å². The van der Waals surface area contributed by atoms with Crippen molar-refractivity contribution in [1.29, 1.82) is 0 Å². The van der Waals surface area contributed by atoms with E-state index in [4.69, 9.17) is 9.15 Å². The van der Waals surface area contributed by atoms with E-state index in [2.05, 4.69) is 10.4 Å². The molecule has 0 aliphatic carbocycles. The lowest BCUT2D eigenvalue weighted by molar-refractivity contribution is -0.143. The summed E-state index contributed by atoms with van der Waals surface area (Å²) >= 11 is 0. The van der Waals surface area contributed by atoms with Crippen LogP contribution in [0.3, 0.4) is 0 Å². The molecule has 9 nitrogen and oxygen atoms in total. The lowest BCUT2D eigenvalue weighted by atomic mass is 10.2. The highest BCUT2D eigenvalue weighted by Crippen LogP contribution is 2.29. The maximum atomic E-state index is 12.7. The van der Waals surface area contributed by atoms with Crippen molar-refractivity contribution in [3.8, 4) is 17.1 Å². The summed E-state index contributed by atoms with van der Waals surface area (Å²) in [4.78, 5) is 38.4. The van der Waals surface area contributed by atoms with Crippen molar-refractivity contribution in [1.82, 2.24) is 9.78 Å². The highest BCUT2D eigenvalue weighted by Gasteiger charge is 2.27. The molecule has 0 atom stereocenters. The highest BCUT2D eigenvalue weighted by molar-refractivity contribution is 6.10. The largest absolute Gasteiger partial charge is 0.460 e. The predicted octanol–water partition coefficient (Wildman–Crippen LogP) is 3.98. The molecule has 4 aromatic rings. The molecule has 1 aliphatic heterocycles. The molecule has 0 bridgehead atoms. The number of fused-ring (bicyclic) bond motifs is 1. The first-order chi connectivity index (χ1) is 17.5. The lowest BCUT2D eigenvalue weighted by Gasteiger charge is -2.28. The molecule has 3 heterocycles. The number of aryl methyl sites for hydroxylation is 1. The Kier molecular flexibility index (Phi) is 6.19. The number of aromatic nitrogens is 2. The van der Waals surface area contributed by atoms with E-state index in [1.807, 2.05) is 49.4 Å². The van der Waals surface area contributed by atoms with E-state index in [-0.39, 0.29) is 12.5 Å². The molecule has 9 heteroatoms. The SMILES string of the molecule is Cc1ccc(-c2nn(-c3ccccc3)cc2/C=C/C(=O)OCC(=O)N2CC(=O)Nc3ccccc32)o1. The minimum atomic E-state index is -0.702. The number of ether oxygens (including phenoxy) is 1. The number of carbonyl (C=O) groups excluding carboxylic acids is 3. The van der Waals surface area contributed by atoms with Crippen LogP contribution in [0.4, 0.5) is 11.4 Å². The first-order valence-electron chi connectivity index (χ1n) is 11.2. The quantitative estimate of drug-likeness (QED) is 0.329. The third-order valence-corrected chi connectivity index (χ3v) is 5.55. The Bertz CT molecular complexity index is 1470. The first-order valence-corrected chi connectivity index (χ1v) is 11.2. The third kappa shape index (κ3) is 4.80. The number of furan rings is 1. The summed E-state index contributed by atoms with van der Waals surface area (Å²) in [6, 6.07) is 20.1.